The molecule has 0 aromatic heterocycles. The monoisotopic (exact) mass is 191 g/mol. The fraction of sp³-hybridized carbons (Fsp3) is 0.818. The van der Waals surface area contributed by atoms with Crippen molar-refractivity contribution in [3.05, 3.63) is 16.4 Å². The van der Waals surface area contributed by atoms with Crippen molar-refractivity contribution in [2.75, 3.05) is 0 Å². The summed E-state index contributed by atoms with van der Waals surface area (Å²) in [6, 6.07) is 0. The van der Waals surface area contributed by atoms with Crippen LogP contribution in [0.3, 0.4) is 0 Å². The summed E-state index contributed by atoms with van der Waals surface area (Å²) in [6.45, 7) is 0. The Bertz CT molecular complexity index is 328. The third-order valence-corrected chi connectivity index (χ3v) is 4.28. The van der Waals surface area contributed by atoms with E-state index in [-0.39, 0.29) is 5.92 Å². The second-order valence-corrected chi connectivity index (χ2v) is 5.17. The zero-order chi connectivity index (χ0) is 9.71. The molecule has 4 aliphatic rings. The SMILES string of the molecule is N#[N+]C1=C(O)C2CC3CC(C2)CC1C3. The molecule has 0 heterocycles. The van der Waals surface area contributed by atoms with E-state index in [4.69, 9.17) is 5.39 Å². The summed E-state index contributed by atoms with van der Waals surface area (Å²) in [5.41, 5.74) is 0.597. The summed E-state index contributed by atoms with van der Waals surface area (Å²) >= 11 is 0. The van der Waals surface area contributed by atoms with Gasteiger partial charge in [-0.3, -0.25) is 0 Å². The van der Waals surface area contributed by atoms with E-state index in [1.54, 1.807) is 0 Å². The van der Waals surface area contributed by atoms with Gasteiger partial charge < -0.3 is 5.11 Å². The van der Waals surface area contributed by atoms with E-state index in [2.05, 4.69) is 4.98 Å². The highest BCUT2D eigenvalue weighted by atomic mass is 16.3. The van der Waals surface area contributed by atoms with Crippen molar-refractivity contribution in [3.63, 3.8) is 0 Å². The van der Waals surface area contributed by atoms with E-state index in [9.17, 15) is 5.11 Å². The van der Waals surface area contributed by atoms with Crippen LogP contribution in [-0.4, -0.2) is 5.11 Å². The minimum Gasteiger partial charge on any atom is -0.505 e. The molecule has 0 aromatic rings. The lowest BCUT2D eigenvalue weighted by Crippen LogP contribution is -2.28. The maximum atomic E-state index is 9.98. The Morgan fingerprint density at radius 1 is 1.00 bits per heavy atom. The predicted octanol–water partition coefficient (Wildman–Crippen LogP) is 3.07. The van der Waals surface area contributed by atoms with Gasteiger partial charge in [0.1, 0.15) is 0 Å². The van der Waals surface area contributed by atoms with Gasteiger partial charge in [0.25, 0.3) is 0 Å². The number of aliphatic hydroxyl groups excluding tert-OH is 1. The molecule has 2 unspecified atom stereocenters. The molecule has 4 aliphatic carbocycles. The van der Waals surface area contributed by atoms with Crippen molar-refractivity contribution in [3.8, 4) is 0 Å². The number of diazo groups is 1. The van der Waals surface area contributed by atoms with Crippen molar-refractivity contribution in [1.82, 2.24) is 0 Å². The summed E-state index contributed by atoms with van der Waals surface area (Å²) in [5.74, 6) is 2.54. The van der Waals surface area contributed by atoms with Crippen molar-refractivity contribution < 1.29 is 5.11 Å². The zero-order valence-electron chi connectivity index (χ0n) is 8.19. The van der Waals surface area contributed by atoms with E-state index in [0.717, 1.165) is 37.5 Å². The maximum Gasteiger partial charge on any atom is 0.401 e. The quantitative estimate of drug-likeness (QED) is 0.598. The normalized spacial score (nSPS) is 45.1. The summed E-state index contributed by atoms with van der Waals surface area (Å²) in [4.78, 5) is 3.32. The van der Waals surface area contributed by atoms with E-state index in [1.165, 1.54) is 6.42 Å². The average molecular weight is 191 g/mol. The summed E-state index contributed by atoms with van der Waals surface area (Å²) < 4.78 is 0. The number of aliphatic hydroxyl groups is 1. The molecule has 0 saturated heterocycles. The number of nitrogens with zero attached hydrogens (tertiary/aromatic N) is 2. The Hall–Kier alpha value is -1.04. The van der Waals surface area contributed by atoms with Crippen LogP contribution in [0.4, 0.5) is 0 Å². The van der Waals surface area contributed by atoms with Gasteiger partial charge in [0.15, 0.2) is 10.7 Å². The Kier molecular flexibility index (Phi) is 1.61. The number of hydrogen-bond donors (Lipinski definition) is 1. The Balaban J connectivity index is 2.06. The minimum atomic E-state index is 0.289. The van der Waals surface area contributed by atoms with Crippen LogP contribution in [0.15, 0.2) is 11.5 Å². The Morgan fingerprint density at radius 2 is 1.57 bits per heavy atom. The molecule has 74 valence electrons. The molecule has 4 rings (SSSR count). The lowest BCUT2D eigenvalue weighted by Gasteiger charge is -2.37. The van der Waals surface area contributed by atoms with Gasteiger partial charge in [-0.2, -0.15) is 0 Å². The molecule has 2 atom stereocenters. The fourth-order valence-corrected chi connectivity index (χ4v) is 3.85. The standard InChI is InChI=1S/C11H14N2O/c12-13-10-8-2-6-1-7(3-8)5-9(4-6)11(10)14/h6-9H,1-5H2/p+1. The van der Waals surface area contributed by atoms with E-state index in [0.29, 0.717) is 17.4 Å². The number of allylic oxidation sites excluding steroid dienone is 2. The van der Waals surface area contributed by atoms with Crippen LogP contribution >= 0.6 is 0 Å². The van der Waals surface area contributed by atoms with Crippen LogP contribution in [0.1, 0.15) is 32.1 Å². The topological polar surface area (TPSA) is 48.4 Å². The maximum absolute atomic E-state index is 9.98. The van der Waals surface area contributed by atoms with Gasteiger partial charge in [-0.15, -0.1) is 0 Å². The molecule has 0 spiro atoms. The number of rotatable bonds is 0. The van der Waals surface area contributed by atoms with Crippen molar-refractivity contribution in [1.29, 1.82) is 5.39 Å². The molecular formula is C11H15N2O+. The van der Waals surface area contributed by atoms with Gasteiger partial charge >= 0.3 is 5.70 Å². The average Bonchev–Trinajstić information content (AvgIpc) is 2.29. The largest absolute Gasteiger partial charge is 0.505 e. The van der Waals surface area contributed by atoms with Gasteiger partial charge in [-0.05, 0) is 43.9 Å². The smallest absolute Gasteiger partial charge is 0.401 e. The van der Waals surface area contributed by atoms with Crippen molar-refractivity contribution >= 4 is 0 Å². The molecular weight excluding hydrogens is 176 g/mol. The molecule has 3 nitrogen and oxygen atoms in total. The molecule has 0 amide bonds. The second-order valence-electron chi connectivity index (χ2n) is 5.17. The highest BCUT2D eigenvalue weighted by Gasteiger charge is 2.48. The van der Waals surface area contributed by atoms with Gasteiger partial charge in [0, 0.05) is 5.92 Å². The highest BCUT2D eigenvalue weighted by molar-refractivity contribution is 5.24. The van der Waals surface area contributed by atoms with Crippen LogP contribution in [0, 0.1) is 29.1 Å². The Labute approximate surface area is 83.4 Å². The Morgan fingerprint density at radius 3 is 2.14 bits per heavy atom. The van der Waals surface area contributed by atoms with Crippen molar-refractivity contribution in [2.45, 2.75) is 32.1 Å². The third-order valence-electron chi connectivity index (χ3n) is 4.28. The molecule has 0 radical (unpaired) electrons. The zero-order valence-corrected chi connectivity index (χ0v) is 8.19. The fourth-order valence-electron chi connectivity index (χ4n) is 3.85. The van der Waals surface area contributed by atoms with Gasteiger partial charge in [0.2, 0.25) is 5.39 Å². The summed E-state index contributed by atoms with van der Waals surface area (Å²) in [5, 5.41) is 18.9. The second kappa shape index (κ2) is 2.73. The summed E-state index contributed by atoms with van der Waals surface area (Å²) in [6.07, 6.45) is 5.79. The van der Waals surface area contributed by atoms with Crippen LogP contribution in [0.2, 0.25) is 0 Å². The number of hydrogen-bond acceptors (Lipinski definition) is 2. The van der Waals surface area contributed by atoms with E-state index >= 15 is 0 Å². The molecule has 2 fully saturated rings. The minimum absolute atomic E-state index is 0.289. The first-order valence-electron chi connectivity index (χ1n) is 5.56. The molecule has 3 heteroatoms. The predicted molar refractivity (Wildman–Crippen MR) is 51.8 cm³/mol. The molecule has 1 N–H and O–H groups in total. The van der Waals surface area contributed by atoms with Crippen LogP contribution < -0.4 is 0 Å². The lowest BCUT2D eigenvalue weighted by atomic mass is 9.67. The van der Waals surface area contributed by atoms with Crippen LogP contribution in [-0.2, 0) is 0 Å². The molecule has 4 bridgehead atoms. The first-order chi connectivity index (χ1) is 6.78. The van der Waals surface area contributed by atoms with Crippen molar-refractivity contribution in [2.24, 2.45) is 23.7 Å². The van der Waals surface area contributed by atoms with E-state index in [1.807, 2.05) is 0 Å². The first kappa shape index (κ1) is 8.28. The molecule has 14 heavy (non-hydrogen) atoms. The third kappa shape index (κ3) is 1.00. The molecule has 0 aliphatic heterocycles. The summed E-state index contributed by atoms with van der Waals surface area (Å²) in [7, 11) is 0. The highest BCUT2D eigenvalue weighted by Crippen LogP contribution is 2.52. The van der Waals surface area contributed by atoms with Crippen LogP contribution in [0.25, 0.3) is 4.98 Å². The van der Waals surface area contributed by atoms with E-state index < -0.39 is 0 Å². The van der Waals surface area contributed by atoms with Gasteiger partial charge in [-0.1, -0.05) is 0 Å². The first-order valence-corrected chi connectivity index (χ1v) is 5.56. The van der Waals surface area contributed by atoms with Crippen LogP contribution in [0.5, 0.6) is 0 Å². The molecule has 0 aromatic carbocycles. The molecule has 2 saturated carbocycles. The van der Waals surface area contributed by atoms with Gasteiger partial charge in [-0.25, -0.2) is 0 Å². The van der Waals surface area contributed by atoms with Gasteiger partial charge in [0.05, 0.1) is 5.92 Å². The lowest BCUT2D eigenvalue weighted by molar-refractivity contribution is 0.126.